The fourth-order valence-electron chi connectivity index (χ4n) is 9.87. The fraction of sp³-hybridized carbons (Fsp3) is 0.0204. The summed E-state index contributed by atoms with van der Waals surface area (Å²) in [5.41, 5.74) is 10.3. The van der Waals surface area contributed by atoms with Crippen LogP contribution >= 0.6 is 11.8 Å². The molecule has 1 N–H and O–H groups in total. The predicted octanol–water partition coefficient (Wildman–Crippen LogP) is 10.9. The van der Waals surface area contributed by atoms with Gasteiger partial charge in [0.05, 0.1) is 17.1 Å². The zero-order chi connectivity index (χ0) is 37.8. The van der Waals surface area contributed by atoms with Gasteiger partial charge in [-0.05, 0) is 134 Å². The lowest BCUT2D eigenvalue weighted by molar-refractivity contribution is 0.0840. The third kappa shape index (κ3) is 3.92. The molecule has 9 aromatic rings. The fourth-order valence-corrected chi connectivity index (χ4v) is 10.9. The molecule has 9 aromatic carbocycles. The maximum absolute atomic E-state index is 14.5. The maximum Gasteiger partial charge on any atom is 0.265 e. The van der Waals surface area contributed by atoms with E-state index in [2.05, 4.69) is 76.9 Å². The van der Waals surface area contributed by atoms with E-state index in [1.165, 1.54) is 20.3 Å². The van der Waals surface area contributed by atoms with E-state index in [4.69, 9.17) is 0 Å². The topological polar surface area (TPSA) is 86.8 Å². The number of nitrogens with zero attached hydrogens (tertiary/aromatic N) is 2. The Morgan fingerprint density at radius 2 is 0.842 bits per heavy atom. The Bertz CT molecular complexity index is 3280. The standard InChI is InChI=1S/C49H25N3O4S/c53-46-34-17-13-30-32-15-19-36-45-37(20-16-33(43(32)45)31-14-18-35(47(54)50-46)44(34)42(30)31)49(56)52(48(36)55)27-10-12-29-25(23-27)21-24-22-26(9-11-28(24)29)51-38-5-1-3-7-40(38)57-41-8-4-2-6-39(41)51/h1-20,22-23H,21H2,(H,50,53,54). The second-order valence-electron chi connectivity index (χ2n) is 15.1. The van der Waals surface area contributed by atoms with Gasteiger partial charge in [-0.1, -0.05) is 72.4 Å². The Morgan fingerprint density at radius 1 is 0.421 bits per heavy atom. The number of carbonyl (C=O) groups excluding carboxylic acids is 4. The van der Waals surface area contributed by atoms with Gasteiger partial charge in [-0.3, -0.25) is 24.5 Å². The Kier molecular flexibility index (Phi) is 5.82. The van der Waals surface area contributed by atoms with Crippen LogP contribution in [-0.2, 0) is 6.42 Å². The molecule has 0 saturated carbocycles. The number of rotatable bonds is 2. The lowest BCUT2D eigenvalue weighted by atomic mass is 9.82. The lowest BCUT2D eigenvalue weighted by Crippen LogP contribution is -2.40. The highest BCUT2D eigenvalue weighted by atomic mass is 32.2. The van der Waals surface area contributed by atoms with Crippen LogP contribution in [0.2, 0.25) is 0 Å². The van der Waals surface area contributed by atoms with Crippen molar-refractivity contribution in [3.8, 4) is 11.1 Å². The number of hydrogen-bond acceptors (Lipinski definition) is 6. The lowest BCUT2D eigenvalue weighted by Gasteiger charge is -2.33. The molecular weight excluding hydrogens is 727 g/mol. The van der Waals surface area contributed by atoms with Crippen LogP contribution in [0.15, 0.2) is 143 Å². The Morgan fingerprint density at radius 3 is 1.35 bits per heavy atom. The van der Waals surface area contributed by atoms with E-state index < -0.39 is 11.8 Å². The van der Waals surface area contributed by atoms with Gasteiger partial charge in [-0.25, -0.2) is 4.90 Å². The van der Waals surface area contributed by atoms with Gasteiger partial charge in [0.2, 0.25) is 0 Å². The summed E-state index contributed by atoms with van der Waals surface area (Å²) in [4.78, 5) is 60.9. The number of imide groups is 2. The van der Waals surface area contributed by atoms with Crippen LogP contribution in [0.1, 0.15) is 52.6 Å². The molecule has 0 saturated heterocycles. The first-order chi connectivity index (χ1) is 27.9. The molecule has 57 heavy (non-hydrogen) atoms. The SMILES string of the molecule is O=C1NC(=O)c2ccc3c4ccc5c6c(ccc(c7ccc1c2c73)c64)C(=O)N(c1ccc2c(c1)Cc1cc(N3c4ccccc4Sc4ccccc43)ccc1-2)C5=O. The zero-order valence-electron chi connectivity index (χ0n) is 29.8. The van der Waals surface area contributed by atoms with Gasteiger partial charge in [0.1, 0.15) is 0 Å². The van der Waals surface area contributed by atoms with Crippen molar-refractivity contribution in [3.05, 3.63) is 167 Å². The van der Waals surface area contributed by atoms with Crippen LogP contribution in [0.5, 0.6) is 0 Å². The molecule has 0 bridgehead atoms. The van der Waals surface area contributed by atoms with E-state index in [-0.39, 0.29) is 11.8 Å². The van der Waals surface area contributed by atoms with Crippen molar-refractivity contribution in [2.24, 2.45) is 0 Å². The van der Waals surface area contributed by atoms with Crippen LogP contribution in [-0.4, -0.2) is 23.6 Å². The summed E-state index contributed by atoms with van der Waals surface area (Å²) in [6.45, 7) is 0. The maximum atomic E-state index is 14.5. The van der Waals surface area contributed by atoms with Crippen molar-refractivity contribution in [1.29, 1.82) is 0 Å². The van der Waals surface area contributed by atoms with Crippen LogP contribution < -0.4 is 15.1 Å². The third-order valence-corrected chi connectivity index (χ3v) is 13.4. The van der Waals surface area contributed by atoms with E-state index in [1.54, 1.807) is 23.9 Å². The van der Waals surface area contributed by atoms with Crippen LogP contribution in [0.25, 0.3) is 54.2 Å². The molecule has 4 amide bonds. The van der Waals surface area contributed by atoms with Crippen LogP contribution in [0, 0.1) is 0 Å². The van der Waals surface area contributed by atoms with Crippen molar-refractivity contribution >= 4 is 101 Å². The highest BCUT2D eigenvalue weighted by molar-refractivity contribution is 7.99. The second-order valence-corrected chi connectivity index (χ2v) is 16.2. The van der Waals surface area contributed by atoms with Gasteiger partial charge < -0.3 is 4.90 Å². The van der Waals surface area contributed by atoms with Crippen LogP contribution in [0.3, 0.4) is 0 Å². The number of fused-ring (bicyclic) bond motifs is 7. The number of hydrogen-bond donors (Lipinski definition) is 1. The molecule has 1 aliphatic carbocycles. The van der Waals surface area contributed by atoms with E-state index in [0.717, 1.165) is 66.1 Å². The summed E-state index contributed by atoms with van der Waals surface area (Å²) >= 11 is 1.79. The van der Waals surface area contributed by atoms with Crippen molar-refractivity contribution in [3.63, 3.8) is 0 Å². The number of para-hydroxylation sites is 2. The molecule has 0 aromatic heterocycles. The zero-order valence-corrected chi connectivity index (χ0v) is 30.7. The molecule has 13 rings (SSSR count). The summed E-state index contributed by atoms with van der Waals surface area (Å²) in [5.74, 6) is -1.57. The van der Waals surface area contributed by atoms with Gasteiger partial charge in [0, 0.05) is 48.5 Å². The van der Waals surface area contributed by atoms with Crippen molar-refractivity contribution in [1.82, 2.24) is 5.32 Å². The first kappa shape index (κ1) is 31.0. The molecule has 0 fully saturated rings. The van der Waals surface area contributed by atoms with Gasteiger partial charge in [0.15, 0.2) is 0 Å². The average Bonchev–Trinajstić information content (AvgIpc) is 3.60. The van der Waals surface area contributed by atoms with E-state index >= 15 is 0 Å². The Labute approximate surface area is 328 Å². The van der Waals surface area contributed by atoms with Gasteiger partial charge in [0.25, 0.3) is 23.6 Å². The summed E-state index contributed by atoms with van der Waals surface area (Å²) in [5, 5.41) is 8.80. The summed E-state index contributed by atoms with van der Waals surface area (Å²) in [7, 11) is 0. The molecule has 3 heterocycles. The largest absolute Gasteiger partial charge is 0.308 e. The third-order valence-electron chi connectivity index (χ3n) is 12.3. The monoisotopic (exact) mass is 751 g/mol. The molecule has 0 spiro atoms. The molecule has 4 aliphatic rings. The highest BCUT2D eigenvalue weighted by Gasteiger charge is 2.37. The van der Waals surface area contributed by atoms with Crippen LogP contribution in [0.4, 0.5) is 22.7 Å². The van der Waals surface area contributed by atoms with Gasteiger partial charge in [-0.2, -0.15) is 0 Å². The number of carbonyl (C=O) groups is 4. The predicted molar refractivity (Wildman–Crippen MR) is 224 cm³/mol. The molecule has 0 unspecified atom stereocenters. The molecule has 0 radical (unpaired) electrons. The molecule has 7 nitrogen and oxygen atoms in total. The number of anilines is 4. The molecule has 0 atom stereocenters. The van der Waals surface area contributed by atoms with Gasteiger partial charge in [-0.15, -0.1) is 0 Å². The van der Waals surface area contributed by atoms with Crippen molar-refractivity contribution in [2.45, 2.75) is 16.2 Å². The number of benzene rings is 9. The first-order valence-corrected chi connectivity index (χ1v) is 19.6. The minimum atomic E-state index is -0.419. The normalized spacial score (nSPS) is 15.1. The van der Waals surface area contributed by atoms with Crippen molar-refractivity contribution in [2.75, 3.05) is 9.80 Å². The smallest absolute Gasteiger partial charge is 0.265 e. The first-order valence-electron chi connectivity index (χ1n) is 18.8. The van der Waals surface area contributed by atoms with E-state index in [1.807, 2.05) is 54.6 Å². The molecule has 3 aliphatic heterocycles. The number of nitrogens with one attached hydrogen (secondary N) is 1. The average molecular weight is 752 g/mol. The Hall–Kier alpha value is -7.29. The summed E-state index contributed by atoms with van der Waals surface area (Å²) < 4.78 is 0. The van der Waals surface area contributed by atoms with E-state index in [0.29, 0.717) is 45.1 Å². The highest BCUT2D eigenvalue weighted by Crippen LogP contribution is 2.53. The van der Waals surface area contributed by atoms with Crippen molar-refractivity contribution < 1.29 is 19.2 Å². The summed E-state index contributed by atoms with van der Waals surface area (Å²) in [6.07, 6.45) is 0.676. The minimum absolute atomic E-state index is 0.368. The molecular formula is C49H25N3O4S. The minimum Gasteiger partial charge on any atom is -0.308 e. The Balaban J connectivity index is 0.902. The molecule has 266 valence electrons. The van der Waals surface area contributed by atoms with E-state index in [9.17, 15) is 19.2 Å². The quantitative estimate of drug-likeness (QED) is 0.108. The number of amides is 4. The van der Waals surface area contributed by atoms with Gasteiger partial charge >= 0.3 is 0 Å². The second kappa shape index (κ2) is 10.7. The summed E-state index contributed by atoms with van der Waals surface area (Å²) in [6, 6.07) is 44.3. The molecule has 8 heteroatoms.